The molecule has 0 bridgehead atoms. The molecule has 0 aliphatic rings. The summed E-state index contributed by atoms with van der Waals surface area (Å²) >= 11 is 0. The summed E-state index contributed by atoms with van der Waals surface area (Å²) in [6, 6.07) is 5.68. The lowest BCUT2D eigenvalue weighted by Gasteiger charge is -2.23. The van der Waals surface area contributed by atoms with Crippen LogP contribution in [0.5, 0.6) is 0 Å². The van der Waals surface area contributed by atoms with Gasteiger partial charge in [0.05, 0.1) is 4.90 Å². The van der Waals surface area contributed by atoms with Crippen molar-refractivity contribution in [1.82, 2.24) is 0 Å². The Morgan fingerprint density at radius 1 is 1.12 bits per heavy atom. The molecule has 0 aromatic heterocycles. The minimum Gasteiger partial charge on any atom is -0.224 e. The van der Waals surface area contributed by atoms with Crippen LogP contribution in [0.15, 0.2) is 23.1 Å². The molecule has 0 N–H and O–H groups in total. The van der Waals surface area contributed by atoms with Crippen molar-refractivity contribution in [2.24, 2.45) is 0 Å². The number of benzene rings is 1. The van der Waals surface area contributed by atoms with Crippen molar-refractivity contribution in [2.75, 3.05) is 6.26 Å². The highest BCUT2D eigenvalue weighted by Gasteiger charge is 2.23. The second-order valence-corrected chi connectivity index (χ2v) is 7.92. The van der Waals surface area contributed by atoms with Crippen molar-refractivity contribution in [1.29, 1.82) is 0 Å². The Morgan fingerprint density at radius 2 is 1.65 bits per heavy atom. The Kier molecular flexibility index (Phi) is 3.72. The summed E-state index contributed by atoms with van der Waals surface area (Å²) in [5, 5.41) is 0. The summed E-state index contributed by atoms with van der Waals surface area (Å²) in [7, 11) is -3.16. The summed E-state index contributed by atoms with van der Waals surface area (Å²) in [6.45, 7) is 10.4. The predicted octanol–water partition coefficient (Wildman–Crippen LogP) is 3.51. The fourth-order valence-corrected chi connectivity index (χ4v) is 2.90. The van der Waals surface area contributed by atoms with E-state index in [-0.39, 0.29) is 5.41 Å². The summed E-state index contributed by atoms with van der Waals surface area (Å²) in [6.07, 6.45) is 1.27. The molecule has 0 amide bonds. The summed E-state index contributed by atoms with van der Waals surface area (Å²) in [5.41, 5.74) is 1.93. The standard InChI is InChI=1S/C14H22O2S/c1-10(2)11-7-8-13(17(6,15)16)12(9-11)14(3,4)5/h7-10H,1-6H3. The average Bonchev–Trinajstić information content (AvgIpc) is 2.14. The first-order valence-electron chi connectivity index (χ1n) is 5.88. The summed E-state index contributed by atoms with van der Waals surface area (Å²) in [5.74, 6) is 0.407. The molecule has 0 aliphatic heterocycles. The molecule has 1 rings (SSSR count). The third-order valence-electron chi connectivity index (χ3n) is 2.88. The van der Waals surface area contributed by atoms with E-state index < -0.39 is 9.84 Å². The van der Waals surface area contributed by atoms with E-state index in [1.807, 2.05) is 32.9 Å². The monoisotopic (exact) mass is 254 g/mol. The predicted molar refractivity (Wildman–Crippen MR) is 72.3 cm³/mol. The van der Waals surface area contributed by atoms with Gasteiger partial charge in [-0.2, -0.15) is 0 Å². The number of hydrogen-bond acceptors (Lipinski definition) is 2. The van der Waals surface area contributed by atoms with Gasteiger partial charge in [0.1, 0.15) is 0 Å². The molecular formula is C14H22O2S. The third kappa shape index (κ3) is 3.32. The van der Waals surface area contributed by atoms with Crippen molar-refractivity contribution < 1.29 is 8.42 Å². The Labute approximate surface area is 105 Å². The van der Waals surface area contributed by atoms with E-state index >= 15 is 0 Å². The smallest absolute Gasteiger partial charge is 0.175 e. The van der Waals surface area contributed by atoms with E-state index in [2.05, 4.69) is 13.8 Å². The maximum absolute atomic E-state index is 11.8. The van der Waals surface area contributed by atoms with Crippen molar-refractivity contribution in [3.05, 3.63) is 29.3 Å². The largest absolute Gasteiger partial charge is 0.224 e. The molecule has 0 radical (unpaired) electrons. The normalized spacial score (nSPS) is 13.1. The van der Waals surface area contributed by atoms with Crippen molar-refractivity contribution in [3.63, 3.8) is 0 Å². The zero-order chi connectivity index (χ0) is 13.4. The number of sulfone groups is 1. The Balaban J connectivity index is 3.55. The van der Waals surface area contributed by atoms with Crippen LogP contribution in [0.4, 0.5) is 0 Å². The van der Waals surface area contributed by atoms with Crippen LogP contribution in [-0.2, 0) is 15.3 Å². The van der Waals surface area contributed by atoms with Crippen LogP contribution in [0.3, 0.4) is 0 Å². The molecule has 0 fully saturated rings. The van der Waals surface area contributed by atoms with Crippen molar-refractivity contribution in [3.8, 4) is 0 Å². The van der Waals surface area contributed by atoms with Gasteiger partial charge >= 0.3 is 0 Å². The first kappa shape index (κ1) is 14.2. The molecule has 1 aromatic rings. The van der Waals surface area contributed by atoms with Crippen LogP contribution >= 0.6 is 0 Å². The minimum absolute atomic E-state index is 0.163. The van der Waals surface area contributed by atoms with E-state index in [1.54, 1.807) is 6.07 Å². The topological polar surface area (TPSA) is 34.1 Å². The van der Waals surface area contributed by atoms with Gasteiger partial charge in [0.2, 0.25) is 0 Å². The lowest BCUT2D eigenvalue weighted by molar-refractivity contribution is 0.562. The van der Waals surface area contributed by atoms with E-state index in [0.717, 1.165) is 5.56 Å². The van der Waals surface area contributed by atoms with Crippen molar-refractivity contribution in [2.45, 2.75) is 50.8 Å². The van der Waals surface area contributed by atoms with Gasteiger partial charge in [-0.05, 0) is 28.5 Å². The second-order valence-electron chi connectivity index (χ2n) is 5.93. The number of hydrogen-bond donors (Lipinski definition) is 0. The third-order valence-corrected chi connectivity index (χ3v) is 4.03. The quantitative estimate of drug-likeness (QED) is 0.809. The van der Waals surface area contributed by atoms with E-state index in [1.165, 1.54) is 11.8 Å². The van der Waals surface area contributed by atoms with Gasteiger partial charge in [-0.3, -0.25) is 0 Å². The molecule has 0 unspecified atom stereocenters. The van der Waals surface area contributed by atoms with Gasteiger partial charge in [0.15, 0.2) is 9.84 Å². The Morgan fingerprint density at radius 3 is 2.00 bits per heavy atom. The van der Waals surface area contributed by atoms with Gasteiger partial charge in [-0.1, -0.05) is 46.8 Å². The molecule has 2 nitrogen and oxygen atoms in total. The van der Waals surface area contributed by atoms with Crippen LogP contribution in [0.2, 0.25) is 0 Å². The Bertz CT molecular complexity index is 506. The van der Waals surface area contributed by atoms with Crippen molar-refractivity contribution >= 4 is 9.84 Å². The SMILES string of the molecule is CC(C)c1ccc(S(C)(=O)=O)c(C(C)(C)C)c1. The molecule has 0 atom stereocenters. The zero-order valence-electron chi connectivity index (χ0n) is 11.5. The van der Waals surface area contributed by atoms with Crippen LogP contribution in [-0.4, -0.2) is 14.7 Å². The molecule has 1 aromatic carbocycles. The zero-order valence-corrected chi connectivity index (χ0v) is 12.4. The highest BCUT2D eigenvalue weighted by Crippen LogP contribution is 2.31. The van der Waals surface area contributed by atoms with Crippen LogP contribution < -0.4 is 0 Å². The highest BCUT2D eigenvalue weighted by atomic mass is 32.2. The van der Waals surface area contributed by atoms with Crippen LogP contribution in [0.1, 0.15) is 51.7 Å². The van der Waals surface area contributed by atoms with Gasteiger partial charge in [0.25, 0.3) is 0 Å². The molecule has 0 aliphatic carbocycles. The fourth-order valence-electron chi connectivity index (χ4n) is 1.82. The maximum atomic E-state index is 11.8. The molecule has 3 heteroatoms. The van der Waals surface area contributed by atoms with Gasteiger partial charge in [-0.25, -0.2) is 8.42 Å². The lowest BCUT2D eigenvalue weighted by Crippen LogP contribution is -2.17. The van der Waals surface area contributed by atoms with Crippen LogP contribution in [0.25, 0.3) is 0 Å². The molecule has 0 saturated carbocycles. The van der Waals surface area contributed by atoms with Gasteiger partial charge in [0, 0.05) is 6.26 Å². The Hall–Kier alpha value is -0.830. The first-order valence-corrected chi connectivity index (χ1v) is 7.77. The van der Waals surface area contributed by atoms with E-state index in [9.17, 15) is 8.42 Å². The molecule has 96 valence electrons. The highest BCUT2D eigenvalue weighted by molar-refractivity contribution is 7.90. The lowest BCUT2D eigenvalue weighted by atomic mass is 9.85. The van der Waals surface area contributed by atoms with E-state index in [0.29, 0.717) is 10.8 Å². The number of rotatable bonds is 2. The van der Waals surface area contributed by atoms with E-state index in [4.69, 9.17) is 0 Å². The maximum Gasteiger partial charge on any atom is 0.175 e. The minimum atomic E-state index is -3.16. The fraction of sp³-hybridized carbons (Fsp3) is 0.571. The average molecular weight is 254 g/mol. The molecular weight excluding hydrogens is 232 g/mol. The molecule has 17 heavy (non-hydrogen) atoms. The molecule has 0 spiro atoms. The molecule has 0 saturated heterocycles. The first-order chi connectivity index (χ1) is 7.53. The summed E-state index contributed by atoms with van der Waals surface area (Å²) < 4.78 is 23.6. The summed E-state index contributed by atoms with van der Waals surface area (Å²) in [4.78, 5) is 0.453. The molecule has 0 heterocycles. The van der Waals surface area contributed by atoms with Gasteiger partial charge < -0.3 is 0 Å². The van der Waals surface area contributed by atoms with Gasteiger partial charge in [-0.15, -0.1) is 0 Å². The second kappa shape index (κ2) is 4.45. The van der Waals surface area contributed by atoms with Crippen LogP contribution in [0, 0.1) is 0 Å².